The molecule has 0 aliphatic heterocycles. The number of hydrogen-bond acceptors (Lipinski definition) is 6. The Morgan fingerprint density at radius 3 is 2.62 bits per heavy atom. The minimum Gasteiger partial charge on any atom is -0.351 e. The Morgan fingerprint density at radius 2 is 1.95 bits per heavy atom. The maximum atomic E-state index is 13.4. The molecule has 0 aliphatic rings. The molecule has 2 aromatic carbocycles. The van der Waals surface area contributed by atoms with Crippen molar-refractivity contribution in [2.75, 3.05) is 11.9 Å². The third-order valence-corrected chi connectivity index (χ3v) is 8.98. The molecule has 4 rings (SSSR count). The van der Waals surface area contributed by atoms with Gasteiger partial charge in [0.25, 0.3) is 5.69 Å². The van der Waals surface area contributed by atoms with E-state index in [9.17, 15) is 14.9 Å². The summed E-state index contributed by atoms with van der Waals surface area (Å²) in [7, 11) is 0. The normalized spacial score (nSPS) is 12.4. The fourth-order valence-electron chi connectivity index (χ4n) is 4.44. The highest BCUT2D eigenvalue weighted by atomic mass is 79.9. The summed E-state index contributed by atoms with van der Waals surface area (Å²) in [6.07, 6.45) is 4.40. The number of rotatable bonds is 13. The zero-order chi connectivity index (χ0) is 30.1. The summed E-state index contributed by atoms with van der Waals surface area (Å²) in [5.74, 6) is 0.0996. The molecule has 2 atom stereocenters. The second-order valence-corrected chi connectivity index (χ2v) is 12.3. The van der Waals surface area contributed by atoms with Crippen molar-refractivity contribution in [1.29, 1.82) is 0 Å². The number of carbonyl (C=O) groups is 1. The SMILES string of the molecule is CC[C@H](C)[C@@H](CN(Cc1cccs1)C(=S)Nc1ccccc1Br)NC(=O)Cc1cncn1Cc1ccc([N+](=O)[O-])cc1. The van der Waals surface area contributed by atoms with Gasteiger partial charge in [0.1, 0.15) is 0 Å². The lowest BCUT2D eigenvalue weighted by molar-refractivity contribution is -0.384. The van der Waals surface area contributed by atoms with Gasteiger partial charge in [-0.15, -0.1) is 11.3 Å². The van der Waals surface area contributed by atoms with Gasteiger partial charge in [-0.2, -0.15) is 0 Å². The monoisotopic (exact) mass is 668 g/mol. The summed E-state index contributed by atoms with van der Waals surface area (Å²) in [4.78, 5) is 31.5. The number of halogens is 1. The van der Waals surface area contributed by atoms with Gasteiger partial charge in [-0.3, -0.25) is 14.9 Å². The summed E-state index contributed by atoms with van der Waals surface area (Å²) < 4.78 is 2.80. The van der Waals surface area contributed by atoms with Crippen LogP contribution < -0.4 is 10.6 Å². The number of nitro groups is 1. The molecule has 0 spiro atoms. The Morgan fingerprint density at radius 1 is 1.19 bits per heavy atom. The van der Waals surface area contributed by atoms with Crippen molar-refractivity contribution in [1.82, 2.24) is 19.8 Å². The number of thiocarbonyl (C=S) groups is 1. The van der Waals surface area contributed by atoms with Crippen LogP contribution in [0.15, 0.2) is 83.0 Å². The summed E-state index contributed by atoms with van der Waals surface area (Å²) in [5, 5.41) is 20.2. The fraction of sp³-hybridized carbons (Fsp3) is 0.300. The Balaban J connectivity index is 1.45. The Hall–Kier alpha value is -3.61. The molecule has 0 saturated heterocycles. The largest absolute Gasteiger partial charge is 0.351 e. The second-order valence-electron chi connectivity index (χ2n) is 10.0. The summed E-state index contributed by atoms with van der Waals surface area (Å²) in [6, 6.07) is 18.2. The van der Waals surface area contributed by atoms with Crippen LogP contribution in [0.4, 0.5) is 11.4 Å². The van der Waals surface area contributed by atoms with Gasteiger partial charge in [-0.25, -0.2) is 4.98 Å². The first-order valence-corrected chi connectivity index (χ1v) is 15.7. The number of nitrogens with zero attached hydrogens (tertiary/aromatic N) is 4. The van der Waals surface area contributed by atoms with Gasteiger partial charge in [0.15, 0.2) is 5.11 Å². The van der Waals surface area contributed by atoms with E-state index in [0.29, 0.717) is 24.7 Å². The predicted molar refractivity (Wildman–Crippen MR) is 175 cm³/mol. The van der Waals surface area contributed by atoms with Crippen LogP contribution >= 0.6 is 39.5 Å². The fourth-order valence-corrected chi connectivity index (χ4v) is 5.79. The Labute approximate surface area is 263 Å². The molecule has 0 bridgehead atoms. The van der Waals surface area contributed by atoms with Crippen LogP contribution in [0.2, 0.25) is 0 Å². The summed E-state index contributed by atoms with van der Waals surface area (Å²) >= 11 is 11.1. The van der Waals surface area contributed by atoms with Crippen LogP contribution in [0.3, 0.4) is 0 Å². The van der Waals surface area contributed by atoms with Crippen molar-refractivity contribution in [2.45, 2.75) is 45.8 Å². The lowest BCUT2D eigenvalue weighted by atomic mass is 9.98. The van der Waals surface area contributed by atoms with Crippen LogP contribution in [0.1, 0.15) is 36.4 Å². The highest BCUT2D eigenvalue weighted by Crippen LogP contribution is 2.23. The van der Waals surface area contributed by atoms with Gasteiger partial charge >= 0.3 is 0 Å². The molecule has 2 aromatic heterocycles. The van der Waals surface area contributed by atoms with Crippen molar-refractivity contribution in [3.05, 3.63) is 109 Å². The summed E-state index contributed by atoms with van der Waals surface area (Å²) in [6.45, 7) is 5.87. The van der Waals surface area contributed by atoms with E-state index >= 15 is 0 Å². The molecule has 42 heavy (non-hydrogen) atoms. The average molecular weight is 670 g/mol. The molecule has 0 aliphatic carbocycles. The first kappa shape index (κ1) is 31.3. The standard InChI is InChI=1S/C30H33BrN6O3S2/c1-3-21(2)28(19-35(18-25-7-6-14-42-25)30(41)34-27-9-5-4-8-26(27)31)33-29(38)15-24-16-32-20-36(24)17-22-10-12-23(13-11-22)37(39)40/h4-14,16,20-21,28H,3,15,17-19H2,1-2H3,(H,33,38)(H,34,41)/t21-,28+/m0/s1. The molecule has 0 unspecified atom stereocenters. The van der Waals surface area contributed by atoms with Crippen LogP contribution in [0, 0.1) is 16.0 Å². The van der Waals surface area contributed by atoms with E-state index in [1.165, 1.54) is 17.0 Å². The van der Waals surface area contributed by atoms with Gasteiger partial charge in [0.2, 0.25) is 5.91 Å². The van der Waals surface area contributed by atoms with E-state index in [4.69, 9.17) is 12.2 Å². The topological polar surface area (TPSA) is 105 Å². The van der Waals surface area contributed by atoms with Crippen molar-refractivity contribution in [3.8, 4) is 0 Å². The van der Waals surface area contributed by atoms with E-state index < -0.39 is 4.92 Å². The van der Waals surface area contributed by atoms with Gasteiger partial charge in [0, 0.05) is 52.5 Å². The van der Waals surface area contributed by atoms with E-state index in [0.717, 1.165) is 27.8 Å². The van der Waals surface area contributed by atoms with Gasteiger partial charge < -0.3 is 20.1 Å². The van der Waals surface area contributed by atoms with Gasteiger partial charge in [0.05, 0.1) is 29.9 Å². The predicted octanol–water partition coefficient (Wildman–Crippen LogP) is 6.64. The maximum Gasteiger partial charge on any atom is 0.269 e. The number of hydrogen-bond donors (Lipinski definition) is 2. The Kier molecular flexibility index (Phi) is 11.2. The van der Waals surface area contributed by atoms with Crippen LogP contribution in [-0.4, -0.2) is 43.0 Å². The zero-order valence-corrected chi connectivity index (χ0v) is 26.6. The number of benzene rings is 2. The van der Waals surface area contributed by atoms with E-state index in [2.05, 4.69) is 56.4 Å². The number of imidazole rings is 1. The number of nitrogens with one attached hydrogen (secondary N) is 2. The van der Waals surface area contributed by atoms with Crippen molar-refractivity contribution < 1.29 is 9.72 Å². The molecule has 0 radical (unpaired) electrons. The number of aromatic nitrogens is 2. The van der Waals surface area contributed by atoms with Crippen molar-refractivity contribution in [3.63, 3.8) is 0 Å². The lowest BCUT2D eigenvalue weighted by Crippen LogP contribution is -2.50. The molecule has 0 fully saturated rings. The molecule has 220 valence electrons. The number of non-ortho nitro benzene ring substituents is 1. The number of carbonyl (C=O) groups excluding carboxylic acids is 1. The number of nitro benzene ring substituents is 1. The second kappa shape index (κ2) is 15.0. The highest BCUT2D eigenvalue weighted by Gasteiger charge is 2.24. The molecule has 9 nitrogen and oxygen atoms in total. The third-order valence-electron chi connectivity index (χ3n) is 7.06. The average Bonchev–Trinajstić information content (AvgIpc) is 3.65. The number of thiophene rings is 1. The number of para-hydroxylation sites is 1. The smallest absolute Gasteiger partial charge is 0.269 e. The van der Waals surface area contributed by atoms with E-state index in [1.54, 1.807) is 36.0 Å². The molecule has 0 saturated carbocycles. The minimum absolute atomic E-state index is 0.0410. The lowest BCUT2D eigenvalue weighted by Gasteiger charge is -2.33. The quantitative estimate of drug-likeness (QED) is 0.0935. The molecule has 12 heteroatoms. The molecular weight excluding hydrogens is 636 g/mol. The molecule has 2 heterocycles. The first-order chi connectivity index (χ1) is 20.2. The van der Waals surface area contributed by atoms with Gasteiger partial charge in [-0.05, 0) is 63.2 Å². The zero-order valence-electron chi connectivity index (χ0n) is 23.4. The minimum atomic E-state index is -0.421. The number of amides is 1. The molecule has 1 amide bonds. The van der Waals surface area contributed by atoms with Crippen molar-refractivity contribution in [2.24, 2.45) is 5.92 Å². The van der Waals surface area contributed by atoms with Gasteiger partial charge in [-0.1, -0.05) is 50.6 Å². The maximum absolute atomic E-state index is 13.4. The number of anilines is 1. The molecule has 2 N–H and O–H groups in total. The van der Waals surface area contributed by atoms with E-state index in [-0.39, 0.29) is 30.0 Å². The highest BCUT2D eigenvalue weighted by molar-refractivity contribution is 9.10. The van der Waals surface area contributed by atoms with Crippen LogP contribution in [-0.2, 0) is 24.3 Å². The first-order valence-electron chi connectivity index (χ1n) is 13.6. The molecular formula is C30H33BrN6O3S2. The summed E-state index contributed by atoms with van der Waals surface area (Å²) in [5.41, 5.74) is 2.56. The van der Waals surface area contributed by atoms with Crippen LogP contribution in [0.5, 0.6) is 0 Å². The Bertz CT molecular complexity index is 1490. The van der Waals surface area contributed by atoms with Crippen LogP contribution in [0.25, 0.3) is 0 Å². The van der Waals surface area contributed by atoms with Crippen molar-refractivity contribution >= 4 is 61.9 Å². The third kappa shape index (κ3) is 8.70. The van der Waals surface area contributed by atoms with E-state index in [1.807, 2.05) is 40.3 Å². The molecule has 4 aromatic rings.